The average Bonchev–Trinajstić information content (AvgIpc) is 1.86. The summed E-state index contributed by atoms with van der Waals surface area (Å²) in [5.74, 6) is 0.773. The molecular formula is C8H16BrNO. The predicted octanol–water partition coefficient (Wildman–Crippen LogP) is 1.89. The van der Waals surface area contributed by atoms with Gasteiger partial charge >= 0.3 is 0 Å². The summed E-state index contributed by atoms with van der Waals surface area (Å²) in [6.07, 6.45) is 0.600. The Morgan fingerprint density at radius 2 is 2.09 bits per heavy atom. The van der Waals surface area contributed by atoms with Gasteiger partial charge in [0, 0.05) is 25.3 Å². The molecule has 0 unspecified atom stereocenters. The highest BCUT2D eigenvalue weighted by atomic mass is 79.9. The number of halogens is 1. The quantitative estimate of drug-likeness (QED) is 0.665. The lowest BCUT2D eigenvalue weighted by Crippen LogP contribution is -2.30. The van der Waals surface area contributed by atoms with Gasteiger partial charge in [0.15, 0.2) is 0 Å². The van der Waals surface area contributed by atoms with Crippen LogP contribution in [0.3, 0.4) is 0 Å². The number of nitrogens with zero attached hydrogens (tertiary/aromatic N) is 1. The second kappa shape index (κ2) is 5.58. The number of carbonyl (C=O) groups is 1. The van der Waals surface area contributed by atoms with Gasteiger partial charge in [-0.1, -0.05) is 29.8 Å². The molecule has 11 heavy (non-hydrogen) atoms. The Bertz CT molecular complexity index is 125. The van der Waals surface area contributed by atoms with E-state index in [1.165, 1.54) is 0 Å². The highest BCUT2D eigenvalue weighted by Gasteiger charge is 2.08. The molecule has 0 bridgehead atoms. The number of carbonyl (C=O) groups excluding carboxylic acids is 1. The van der Waals surface area contributed by atoms with Gasteiger partial charge in [-0.15, -0.1) is 0 Å². The molecule has 0 saturated heterocycles. The molecule has 0 fully saturated rings. The molecule has 0 radical (unpaired) electrons. The molecule has 3 heteroatoms. The van der Waals surface area contributed by atoms with Crippen LogP contribution >= 0.6 is 15.9 Å². The first kappa shape index (κ1) is 11.0. The van der Waals surface area contributed by atoms with Crippen molar-refractivity contribution < 1.29 is 4.79 Å². The van der Waals surface area contributed by atoms with Gasteiger partial charge in [-0.2, -0.15) is 0 Å². The van der Waals surface area contributed by atoms with E-state index in [9.17, 15) is 4.79 Å². The standard InChI is InChI=1S/C8H16BrNO/c1-7(2)6-10(3)8(11)4-5-9/h7H,4-6H2,1-3H3. The number of rotatable bonds is 4. The third kappa shape index (κ3) is 5.24. The predicted molar refractivity (Wildman–Crippen MR) is 50.9 cm³/mol. The molecule has 2 nitrogen and oxygen atoms in total. The van der Waals surface area contributed by atoms with E-state index in [1.807, 2.05) is 7.05 Å². The fourth-order valence-corrected chi connectivity index (χ4v) is 1.26. The first-order valence-electron chi connectivity index (χ1n) is 3.87. The van der Waals surface area contributed by atoms with Crippen molar-refractivity contribution in [3.63, 3.8) is 0 Å². The minimum atomic E-state index is 0.218. The van der Waals surface area contributed by atoms with Gasteiger partial charge in [0.05, 0.1) is 0 Å². The molecule has 0 rings (SSSR count). The van der Waals surface area contributed by atoms with Crippen molar-refractivity contribution in [1.29, 1.82) is 0 Å². The Hall–Kier alpha value is -0.0500. The Morgan fingerprint density at radius 3 is 2.45 bits per heavy atom. The van der Waals surface area contributed by atoms with Crippen molar-refractivity contribution in [2.75, 3.05) is 18.9 Å². The van der Waals surface area contributed by atoms with Crippen LogP contribution in [0.5, 0.6) is 0 Å². The molecule has 0 N–H and O–H groups in total. The zero-order valence-electron chi connectivity index (χ0n) is 7.43. The van der Waals surface area contributed by atoms with Crippen LogP contribution in [0.25, 0.3) is 0 Å². The van der Waals surface area contributed by atoms with E-state index in [1.54, 1.807) is 4.90 Å². The van der Waals surface area contributed by atoms with E-state index in [2.05, 4.69) is 29.8 Å². The first-order chi connectivity index (χ1) is 5.07. The molecule has 66 valence electrons. The maximum absolute atomic E-state index is 11.2. The third-order valence-corrected chi connectivity index (χ3v) is 1.77. The zero-order valence-corrected chi connectivity index (χ0v) is 9.02. The van der Waals surface area contributed by atoms with E-state index in [0.29, 0.717) is 12.3 Å². The topological polar surface area (TPSA) is 20.3 Å². The number of amides is 1. The normalized spacial score (nSPS) is 10.3. The van der Waals surface area contributed by atoms with Gasteiger partial charge in [-0.25, -0.2) is 0 Å². The van der Waals surface area contributed by atoms with Crippen molar-refractivity contribution in [3.8, 4) is 0 Å². The van der Waals surface area contributed by atoms with Gasteiger partial charge in [0.25, 0.3) is 0 Å². The molecule has 0 aromatic carbocycles. The summed E-state index contributed by atoms with van der Waals surface area (Å²) in [4.78, 5) is 13.0. The van der Waals surface area contributed by atoms with Crippen LogP contribution in [0, 0.1) is 5.92 Å². The van der Waals surface area contributed by atoms with Gasteiger partial charge < -0.3 is 4.90 Å². The molecule has 0 saturated carbocycles. The van der Waals surface area contributed by atoms with Crippen LogP contribution in [-0.4, -0.2) is 29.7 Å². The second-order valence-electron chi connectivity index (χ2n) is 3.11. The van der Waals surface area contributed by atoms with Gasteiger partial charge in [0.1, 0.15) is 0 Å². The Morgan fingerprint density at radius 1 is 1.55 bits per heavy atom. The van der Waals surface area contributed by atoms with Crippen molar-refractivity contribution in [2.45, 2.75) is 20.3 Å². The molecule has 1 amide bonds. The van der Waals surface area contributed by atoms with Crippen LogP contribution in [0.1, 0.15) is 20.3 Å². The molecule has 0 aromatic rings. The Balaban J connectivity index is 3.64. The number of alkyl halides is 1. The van der Waals surface area contributed by atoms with Gasteiger partial charge in [0.2, 0.25) is 5.91 Å². The van der Waals surface area contributed by atoms with Crippen LogP contribution in [-0.2, 0) is 4.79 Å². The molecule has 0 aliphatic heterocycles. The summed E-state index contributed by atoms with van der Waals surface area (Å²) in [5.41, 5.74) is 0. The highest BCUT2D eigenvalue weighted by Crippen LogP contribution is 1.99. The lowest BCUT2D eigenvalue weighted by atomic mass is 10.2. The fourth-order valence-electron chi connectivity index (χ4n) is 0.921. The van der Waals surface area contributed by atoms with E-state index in [4.69, 9.17) is 0 Å². The number of hydrogen-bond donors (Lipinski definition) is 0. The first-order valence-corrected chi connectivity index (χ1v) is 5.00. The van der Waals surface area contributed by atoms with Crippen LogP contribution in [0.2, 0.25) is 0 Å². The van der Waals surface area contributed by atoms with Crippen molar-refractivity contribution in [2.24, 2.45) is 5.92 Å². The second-order valence-corrected chi connectivity index (χ2v) is 3.90. The summed E-state index contributed by atoms with van der Waals surface area (Å²) in [5, 5.41) is 0.758. The minimum absolute atomic E-state index is 0.218. The monoisotopic (exact) mass is 221 g/mol. The molecule has 0 aliphatic rings. The average molecular weight is 222 g/mol. The summed E-state index contributed by atoms with van der Waals surface area (Å²) < 4.78 is 0. The smallest absolute Gasteiger partial charge is 0.223 e. The maximum atomic E-state index is 11.2. The molecule has 0 atom stereocenters. The minimum Gasteiger partial charge on any atom is -0.345 e. The van der Waals surface area contributed by atoms with Gasteiger partial charge in [-0.05, 0) is 5.92 Å². The highest BCUT2D eigenvalue weighted by molar-refractivity contribution is 9.09. The van der Waals surface area contributed by atoms with Crippen LogP contribution in [0.4, 0.5) is 0 Å². The van der Waals surface area contributed by atoms with E-state index < -0.39 is 0 Å². The van der Waals surface area contributed by atoms with Crippen molar-refractivity contribution >= 4 is 21.8 Å². The van der Waals surface area contributed by atoms with Gasteiger partial charge in [-0.3, -0.25) is 4.79 Å². The lowest BCUT2D eigenvalue weighted by Gasteiger charge is -2.18. The third-order valence-electron chi connectivity index (χ3n) is 1.37. The van der Waals surface area contributed by atoms with E-state index >= 15 is 0 Å². The molecular weight excluding hydrogens is 206 g/mol. The fraction of sp³-hybridized carbons (Fsp3) is 0.875. The maximum Gasteiger partial charge on any atom is 0.223 e. The zero-order chi connectivity index (χ0) is 8.85. The Labute approximate surface area is 77.1 Å². The summed E-state index contributed by atoms with van der Waals surface area (Å²) >= 11 is 3.24. The van der Waals surface area contributed by atoms with E-state index in [0.717, 1.165) is 11.9 Å². The van der Waals surface area contributed by atoms with Crippen LogP contribution < -0.4 is 0 Å². The van der Waals surface area contributed by atoms with Crippen molar-refractivity contribution in [1.82, 2.24) is 4.90 Å². The van der Waals surface area contributed by atoms with Crippen molar-refractivity contribution in [3.05, 3.63) is 0 Å². The SMILES string of the molecule is CC(C)CN(C)C(=O)CCBr. The van der Waals surface area contributed by atoms with Crippen LogP contribution in [0.15, 0.2) is 0 Å². The van der Waals surface area contributed by atoms with E-state index in [-0.39, 0.29) is 5.91 Å². The lowest BCUT2D eigenvalue weighted by molar-refractivity contribution is -0.129. The molecule has 0 aliphatic carbocycles. The largest absolute Gasteiger partial charge is 0.345 e. The molecule has 0 aromatic heterocycles. The Kier molecular flexibility index (Phi) is 5.56. The number of hydrogen-bond acceptors (Lipinski definition) is 1. The molecule has 0 heterocycles. The summed E-state index contributed by atoms with van der Waals surface area (Å²) in [6.45, 7) is 5.07. The molecule has 0 spiro atoms. The summed E-state index contributed by atoms with van der Waals surface area (Å²) in [6, 6.07) is 0. The summed E-state index contributed by atoms with van der Waals surface area (Å²) in [7, 11) is 1.85.